The summed E-state index contributed by atoms with van der Waals surface area (Å²) >= 11 is 0. The Kier molecular flexibility index (Phi) is 2.56. The lowest BCUT2D eigenvalue weighted by molar-refractivity contribution is 0.619. The Balaban J connectivity index is 2.68. The van der Waals surface area contributed by atoms with Gasteiger partial charge < -0.3 is 5.73 Å². The van der Waals surface area contributed by atoms with Gasteiger partial charge in [-0.05, 0) is 25.5 Å². The van der Waals surface area contributed by atoms with E-state index in [2.05, 4.69) is 9.97 Å². The highest BCUT2D eigenvalue weighted by Gasteiger charge is 2.11. The van der Waals surface area contributed by atoms with Crippen LogP contribution in [-0.2, 0) is 0 Å². The molecule has 0 atom stereocenters. The van der Waals surface area contributed by atoms with Crippen LogP contribution in [0.1, 0.15) is 11.1 Å². The van der Waals surface area contributed by atoms with E-state index in [9.17, 15) is 4.39 Å². The summed E-state index contributed by atoms with van der Waals surface area (Å²) in [7, 11) is 0. The minimum absolute atomic E-state index is 0.242. The van der Waals surface area contributed by atoms with Crippen LogP contribution in [0.5, 0.6) is 0 Å². The summed E-state index contributed by atoms with van der Waals surface area (Å²) in [5.41, 5.74) is 8.49. The van der Waals surface area contributed by atoms with E-state index in [-0.39, 0.29) is 5.82 Å². The molecule has 0 aliphatic rings. The largest absolute Gasteiger partial charge is 0.383 e. The van der Waals surface area contributed by atoms with Crippen molar-refractivity contribution in [2.45, 2.75) is 13.8 Å². The van der Waals surface area contributed by atoms with Gasteiger partial charge in [-0.15, -0.1) is 0 Å². The van der Waals surface area contributed by atoms with Crippen LogP contribution in [0.3, 0.4) is 0 Å². The van der Waals surface area contributed by atoms with E-state index in [1.54, 1.807) is 13.0 Å². The summed E-state index contributed by atoms with van der Waals surface area (Å²) in [6.45, 7) is 3.55. The zero-order valence-corrected chi connectivity index (χ0v) is 9.16. The molecule has 0 radical (unpaired) electrons. The van der Waals surface area contributed by atoms with Gasteiger partial charge in [0.1, 0.15) is 18.0 Å². The predicted octanol–water partition coefficient (Wildman–Crippen LogP) is 2.48. The molecule has 1 aromatic heterocycles. The summed E-state index contributed by atoms with van der Waals surface area (Å²) in [5.74, 6) is 0.183. The monoisotopic (exact) mass is 217 g/mol. The molecule has 2 aromatic rings. The molecule has 1 heterocycles. The fraction of sp³-hybridized carbons (Fsp3) is 0.167. The molecule has 3 nitrogen and oxygen atoms in total. The molecule has 16 heavy (non-hydrogen) atoms. The molecule has 0 unspecified atom stereocenters. The zero-order valence-electron chi connectivity index (χ0n) is 9.16. The third-order valence-electron chi connectivity index (χ3n) is 2.65. The predicted molar refractivity (Wildman–Crippen MR) is 61.3 cm³/mol. The zero-order chi connectivity index (χ0) is 11.7. The van der Waals surface area contributed by atoms with Crippen molar-refractivity contribution in [3.63, 3.8) is 0 Å². The lowest BCUT2D eigenvalue weighted by Crippen LogP contribution is -2.00. The number of aromatic nitrogens is 2. The standard InChI is InChI=1S/C12H12FN3/c1-7-9(4-3-5-10(7)13)11-8(2)12(14)16-6-15-11/h3-6H,1-2H3,(H2,14,15,16). The van der Waals surface area contributed by atoms with Crippen LogP contribution in [0.4, 0.5) is 10.2 Å². The number of nitrogens with two attached hydrogens (primary N) is 1. The molecule has 0 saturated heterocycles. The molecule has 2 N–H and O–H groups in total. The van der Waals surface area contributed by atoms with Gasteiger partial charge in [-0.3, -0.25) is 0 Å². The van der Waals surface area contributed by atoms with Gasteiger partial charge in [0.2, 0.25) is 0 Å². The molecule has 2 rings (SSSR count). The Morgan fingerprint density at radius 2 is 1.88 bits per heavy atom. The quantitative estimate of drug-likeness (QED) is 0.798. The van der Waals surface area contributed by atoms with E-state index in [0.29, 0.717) is 17.1 Å². The van der Waals surface area contributed by atoms with Gasteiger partial charge >= 0.3 is 0 Å². The van der Waals surface area contributed by atoms with Crippen LogP contribution in [0.25, 0.3) is 11.3 Å². The number of halogens is 1. The summed E-state index contributed by atoms with van der Waals surface area (Å²) in [4.78, 5) is 8.04. The van der Waals surface area contributed by atoms with Crippen LogP contribution < -0.4 is 5.73 Å². The first-order valence-corrected chi connectivity index (χ1v) is 4.94. The van der Waals surface area contributed by atoms with Crippen LogP contribution in [0.15, 0.2) is 24.5 Å². The third kappa shape index (κ3) is 1.62. The van der Waals surface area contributed by atoms with Crippen molar-refractivity contribution in [2.75, 3.05) is 5.73 Å². The molecule has 0 saturated carbocycles. The normalized spacial score (nSPS) is 10.4. The highest BCUT2D eigenvalue weighted by Crippen LogP contribution is 2.27. The number of nitrogens with zero attached hydrogens (tertiary/aromatic N) is 2. The van der Waals surface area contributed by atoms with Crippen molar-refractivity contribution in [2.24, 2.45) is 0 Å². The second kappa shape index (κ2) is 3.89. The van der Waals surface area contributed by atoms with Gasteiger partial charge in [0.25, 0.3) is 0 Å². The number of nitrogen functional groups attached to an aromatic ring is 1. The van der Waals surface area contributed by atoms with Crippen LogP contribution in [-0.4, -0.2) is 9.97 Å². The Bertz CT molecular complexity index is 488. The van der Waals surface area contributed by atoms with Crippen molar-refractivity contribution >= 4 is 5.82 Å². The topological polar surface area (TPSA) is 51.8 Å². The lowest BCUT2D eigenvalue weighted by Gasteiger charge is -2.09. The average molecular weight is 217 g/mol. The van der Waals surface area contributed by atoms with Crippen molar-refractivity contribution < 1.29 is 4.39 Å². The van der Waals surface area contributed by atoms with Gasteiger partial charge in [-0.25, -0.2) is 14.4 Å². The molecule has 82 valence electrons. The molecular formula is C12H12FN3. The molecule has 0 aliphatic carbocycles. The SMILES string of the molecule is Cc1c(F)cccc1-c1ncnc(N)c1C. The first-order chi connectivity index (χ1) is 7.61. The van der Waals surface area contributed by atoms with Gasteiger partial charge in [0.05, 0.1) is 5.69 Å². The number of rotatable bonds is 1. The summed E-state index contributed by atoms with van der Waals surface area (Å²) < 4.78 is 13.4. The van der Waals surface area contributed by atoms with Crippen LogP contribution in [0.2, 0.25) is 0 Å². The Hall–Kier alpha value is -1.97. The van der Waals surface area contributed by atoms with Crippen LogP contribution in [0, 0.1) is 19.7 Å². The molecular weight excluding hydrogens is 205 g/mol. The maximum absolute atomic E-state index is 13.4. The molecule has 0 bridgehead atoms. The number of anilines is 1. The summed E-state index contributed by atoms with van der Waals surface area (Å²) in [6.07, 6.45) is 1.39. The summed E-state index contributed by atoms with van der Waals surface area (Å²) in [5, 5.41) is 0. The van der Waals surface area contributed by atoms with Gasteiger partial charge in [0, 0.05) is 11.1 Å². The Morgan fingerprint density at radius 1 is 1.12 bits per heavy atom. The van der Waals surface area contributed by atoms with E-state index in [4.69, 9.17) is 5.73 Å². The highest BCUT2D eigenvalue weighted by molar-refractivity contribution is 5.69. The Morgan fingerprint density at radius 3 is 2.62 bits per heavy atom. The first-order valence-electron chi connectivity index (χ1n) is 4.94. The first kappa shape index (κ1) is 10.5. The minimum atomic E-state index is -0.242. The maximum atomic E-state index is 13.4. The van der Waals surface area contributed by atoms with E-state index in [1.807, 2.05) is 13.0 Å². The van der Waals surface area contributed by atoms with Gasteiger partial charge in [-0.2, -0.15) is 0 Å². The molecule has 0 amide bonds. The fourth-order valence-electron chi connectivity index (χ4n) is 1.60. The van der Waals surface area contributed by atoms with Crippen molar-refractivity contribution in [1.82, 2.24) is 9.97 Å². The van der Waals surface area contributed by atoms with Crippen molar-refractivity contribution in [3.05, 3.63) is 41.5 Å². The molecule has 1 aromatic carbocycles. The average Bonchev–Trinajstić information content (AvgIpc) is 2.27. The van der Waals surface area contributed by atoms with Crippen molar-refractivity contribution in [3.8, 4) is 11.3 Å². The Labute approximate surface area is 93.2 Å². The second-order valence-corrected chi connectivity index (χ2v) is 3.64. The summed E-state index contributed by atoms with van der Waals surface area (Å²) in [6, 6.07) is 4.92. The fourth-order valence-corrected chi connectivity index (χ4v) is 1.60. The maximum Gasteiger partial charge on any atom is 0.130 e. The third-order valence-corrected chi connectivity index (χ3v) is 2.65. The number of benzene rings is 1. The number of hydrogen-bond donors (Lipinski definition) is 1. The lowest BCUT2D eigenvalue weighted by atomic mass is 10.0. The second-order valence-electron chi connectivity index (χ2n) is 3.64. The van der Waals surface area contributed by atoms with E-state index in [1.165, 1.54) is 12.4 Å². The van der Waals surface area contributed by atoms with E-state index in [0.717, 1.165) is 11.1 Å². The van der Waals surface area contributed by atoms with Crippen molar-refractivity contribution in [1.29, 1.82) is 0 Å². The van der Waals surface area contributed by atoms with Crippen LogP contribution >= 0.6 is 0 Å². The smallest absolute Gasteiger partial charge is 0.130 e. The van der Waals surface area contributed by atoms with E-state index < -0.39 is 0 Å². The number of hydrogen-bond acceptors (Lipinski definition) is 3. The van der Waals surface area contributed by atoms with E-state index >= 15 is 0 Å². The van der Waals surface area contributed by atoms with Gasteiger partial charge in [0.15, 0.2) is 0 Å². The molecule has 0 aliphatic heterocycles. The minimum Gasteiger partial charge on any atom is -0.383 e. The highest BCUT2D eigenvalue weighted by atomic mass is 19.1. The van der Waals surface area contributed by atoms with Gasteiger partial charge in [-0.1, -0.05) is 12.1 Å². The molecule has 0 fully saturated rings. The molecule has 4 heteroatoms. The molecule has 0 spiro atoms.